The molecule has 0 saturated heterocycles. The number of rotatable bonds is 2. The molecule has 3 nitrogen and oxygen atoms in total. The average molecular weight is 305 g/mol. The summed E-state index contributed by atoms with van der Waals surface area (Å²) in [6.07, 6.45) is 0. The number of hydrogen-bond donors (Lipinski definition) is 0. The van der Waals surface area contributed by atoms with Crippen LogP contribution in [0.3, 0.4) is 0 Å². The van der Waals surface area contributed by atoms with Crippen LogP contribution >= 0.6 is 27.5 Å². The highest BCUT2D eigenvalue weighted by Gasteiger charge is 2.15. The predicted octanol–water partition coefficient (Wildman–Crippen LogP) is 3.12. The molecule has 0 bridgehead atoms. The molecule has 2 rings (SSSR count). The van der Waals surface area contributed by atoms with Crippen LogP contribution in [0.5, 0.6) is 0 Å². The smallest absolute Gasteiger partial charge is 0.166 e. The topological polar surface area (TPSA) is 30.7 Å². The average Bonchev–Trinajstić information content (AvgIpc) is 2.64. The SMILES string of the molecule is Cn1c(CCl)nnc1-c1cccc(Br)c1F. The first-order valence-corrected chi connectivity index (χ1v) is 5.86. The van der Waals surface area contributed by atoms with Crippen LogP contribution in [0.4, 0.5) is 4.39 Å². The Kier molecular flexibility index (Phi) is 3.25. The first kappa shape index (κ1) is 11.5. The predicted molar refractivity (Wildman–Crippen MR) is 63.7 cm³/mol. The van der Waals surface area contributed by atoms with Gasteiger partial charge in [0.1, 0.15) is 11.6 Å². The Morgan fingerprint density at radius 2 is 2.19 bits per heavy atom. The highest BCUT2D eigenvalue weighted by atomic mass is 79.9. The van der Waals surface area contributed by atoms with Gasteiger partial charge < -0.3 is 4.57 Å². The first-order valence-electron chi connectivity index (χ1n) is 4.53. The summed E-state index contributed by atoms with van der Waals surface area (Å²) in [5.41, 5.74) is 0.403. The quantitative estimate of drug-likeness (QED) is 0.798. The van der Waals surface area contributed by atoms with Crippen molar-refractivity contribution in [3.8, 4) is 11.4 Å². The van der Waals surface area contributed by atoms with E-state index in [2.05, 4.69) is 26.1 Å². The summed E-state index contributed by atoms with van der Waals surface area (Å²) in [6, 6.07) is 5.04. The number of benzene rings is 1. The molecule has 0 amide bonds. The van der Waals surface area contributed by atoms with Crippen LogP contribution in [0, 0.1) is 5.82 Å². The Bertz CT molecular complexity index is 527. The van der Waals surface area contributed by atoms with Crippen LogP contribution < -0.4 is 0 Å². The van der Waals surface area contributed by atoms with Gasteiger partial charge in [0.05, 0.1) is 15.9 Å². The van der Waals surface area contributed by atoms with Crippen molar-refractivity contribution in [2.24, 2.45) is 7.05 Å². The molecule has 1 heterocycles. The lowest BCUT2D eigenvalue weighted by Crippen LogP contribution is -1.98. The summed E-state index contributed by atoms with van der Waals surface area (Å²) in [7, 11) is 1.76. The van der Waals surface area contributed by atoms with E-state index in [-0.39, 0.29) is 11.7 Å². The maximum absolute atomic E-state index is 13.8. The van der Waals surface area contributed by atoms with Crippen molar-refractivity contribution < 1.29 is 4.39 Å². The first-order chi connectivity index (χ1) is 7.65. The van der Waals surface area contributed by atoms with E-state index in [4.69, 9.17) is 11.6 Å². The van der Waals surface area contributed by atoms with Crippen molar-refractivity contribution in [1.82, 2.24) is 14.8 Å². The van der Waals surface area contributed by atoms with Crippen molar-refractivity contribution in [3.63, 3.8) is 0 Å². The van der Waals surface area contributed by atoms with Gasteiger partial charge in [-0.3, -0.25) is 0 Å². The number of aromatic nitrogens is 3. The molecule has 0 aliphatic heterocycles. The van der Waals surface area contributed by atoms with E-state index in [1.54, 1.807) is 29.8 Å². The van der Waals surface area contributed by atoms with Crippen LogP contribution in [0.15, 0.2) is 22.7 Å². The van der Waals surface area contributed by atoms with E-state index in [1.807, 2.05) is 0 Å². The minimum atomic E-state index is -0.348. The van der Waals surface area contributed by atoms with E-state index in [0.717, 1.165) is 0 Å². The number of alkyl halides is 1. The van der Waals surface area contributed by atoms with Gasteiger partial charge in [0.2, 0.25) is 0 Å². The highest BCUT2D eigenvalue weighted by Crippen LogP contribution is 2.26. The summed E-state index contributed by atoms with van der Waals surface area (Å²) in [5.74, 6) is 0.976. The fourth-order valence-corrected chi connectivity index (χ4v) is 1.99. The largest absolute Gasteiger partial charge is 0.313 e. The number of halogens is 3. The van der Waals surface area contributed by atoms with Gasteiger partial charge in [-0.05, 0) is 28.1 Å². The van der Waals surface area contributed by atoms with Crippen molar-refractivity contribution >= 4 is 27.5 Å². The third kappa shape index (κ3) is 1.85. The molecule has 1 aromatic carbocycles. The van der Waals surface area contributed by atoms with Gasteiger partial charge in [-0.2, -0.15) is 0 Å². The third-order valence-electron chi connectivity index (χ3n) is 2.28. The number of nitrogens with zero attached hydrogens (tertiary/aromatic N) is 3. The van der Waals surface area contributed by atoms with E-state index < -0.39 is 0 Å². The Morgan fingerprint density at radius 3 is 2.81 bits per heavy atom. The highest BCUT2D eigenvalue weighted by molar-refractivity contribution is 9.10. The van der Waals surface area contributed by atoms with E-state index >= 15 is 0 Å². The normalized spacial score (nSPS) is 10.8. The molecule has 0 N–H and O–H groups in total. The molecule has 1 aromatic heterocycles. The molecule has 0 aliphatic carbocycles. The Labute approximate surface area is 105 Å². The Balaban J connectivity index is 2.59. The Hall–Kier alpha value is -0.940. The van der Waals surface area contributed by atoms with Crippen LogP contribution in [-0.4, -0.2) is 14.8 Å². The van der Waals surface area contributed by atoms with Gasteiger partial charge >= 0.3 is 0 Å². The van der Waals surface area contributed by atoms with Crippen molar-refractivity contribution in [2.45, 2.75) is 5.88 Å². The fraction of sp³-hybridized carbons (Fsp3) is 0.200. The lowest BCUT2D eigenvalue weighted by molar-refractivity contribution is 0.622. The van der Waals surface area contributed by atoms with E-state index in [0.29, 0.717) is 21.7 Å². The molecule has 0 unspecified atom stereocenters. The monoisotopic (exact) mass is 303 g/mol. The zero-order chi connectivity index (χ0) is 11.7. The molecule has 0 radical (unpaired) electrons. The minimum absolute atomic E-state index is 0.249. The lowest BCUT2D eigenvalue weighted by atomic mass is 10.2. The van der Waals surface area contributed by atoms with Gasteiger partial charge in [-0.25, -0.2) is 4.39 Å². The minimum Gasteiger partial charge on any atom is -0.313 e. The van der Waals surface area contributed by atoms with Crippen LogP contribution in [0.25, 0.3) is 11.4 Å². The van der Waals surface area contributed by atoms with Gasteiger partial charge in [-0.1, -0.05) is 6.07 Å². The zero-order valence-electron chi connectivity index (χ0n) is 8.41. The Morgan fingerprint density at radius 1 is 1.44 bits per heavy atom. The van der Waals surface area contributed by atoms with Gasteiger partial charge in [0, 0.05) is 7.05 Å². The summed E-state index contributed by atoms with van der Waals surface area (Å²) >= 11 is 8.81. The van der Waals surface area contributed by atoms with E-state index in [1.165, 1.54) is 0 Å². The zero-order valence-corrected chi connectivity index (χ0v) is 10.8. The summed E-state index contributed by atoms with van der Waals surface area (Å²) in [4.78, 5) is 0. The molecule has 0 spiro atoms. The standard InChI is InChI=1S/C10H8BrClFN3/c1-16-8(5-12)14-15-10(16)6-3-2-4-7(11)9(6)13/h2-4H,5H2,1H3. The van der Waals surface area contributed by atoms with Gasteiger partial charge in [0.15, 0.2) is 5.82 Å². The lowest BCUT2D eigenvalue weighted by Gasteiger charge is -2.04. The van der Waals surface area contributed by atoms with Crippen molar-refractivity contribution in [1.29, 1.82) is 0 Å². The summed E-state index contributed by atoms with van der Waals surface area (Å²) in [5, 5.41) is 7.81. The maximum atomic E-state index is 13.8. The van der Waals surface area contributed by atoms with Crippen molar-refractivity contribution in [2.75, 3.05) is 0 Å². The second-order valence-corrected chi connectivity index (χ2v) is 4.36. The van der Waals surface area contributed by atoms with E-state index in [9.17, 15) is 4.39 Å². The fourth-order valence-electron chi connectivity index (χ4n) is 1.39. The summed E-state index contributed by atoms with van der Waals surface area (Å²) in [6.45, 7) is 0. The molecule has 0 aliphatic rings. The number of hydrogen-bond acceptors (Lipinski definition) is 2. The van der Waals surface area contributed by atoms with Gasteiger partial charge in [-0.15, -0.1) is 21.8 Å². The molecular weight excluding hydrogens is 296 g/mol. The second kappa shape index (κ2) is 4.51. The van der Waals surface area contributed by atoms with Gasteiger partial charge in [0.25, 0.3) is 0 Å². The molecule has 0 saturated carbocycles. The van der Waals surface area contributed by atoms with Crippen LogP contribution in [0.1, 0.15) is 5.82 Å². The molecule has 6 heteroatoms. The second-order valence-electron chi connectivity index (χ2n) is 3.23. The van der Waals surface area contributed by atoms with Crippen molar-refractivity contribution in [3.05, 3.63) is 34.3 Å². The maximum Gasteiger partial charge on any atom is 0.166 e. The molecule has 2 aromatic rings. The van der Waals surface area contributed by atoms with Crippen LogP contribution in [0.2, 0.25) is 0 Å². The third-order valence-corrected chi connectivity index (χ3v) is 3.13. The van der Waals surface area contributed by atoms with Crippen LogP contribution in [-0.2, 0) is 12.9 Å². The molecule has 84 valence electrons. The molecule has 0 fully saturated rings. The molecule has 0 atom stereocenters. The summed E-state index contributed by atoms with van der Waals surface area (Å²) < 4.78 is 15.9. The molecular formula is C10H8BrClFN3. The molecule has 16 heavy (non-hydrogen) atoms.